The van der Waals surface area contributed by atoms with Crippen molar-refractivity contribution in [3.63, 3.8) is 0 Å². The van der Waals surface area contributed by atoms with E-state index in [-0.39, 0.29) is 12.4 Å². The van der Waals surface area contributed by atoms with Crippen molar-refractivity contribution in [1.82, 2.24) is 0 Å². The number of rotatable bonds is 3. The molecule has 1 aliphatic carbocycles. The highest BCUT2D eigenvalue weighted by Crippen LogP contribution is 2.23. The van der Waals surface area contributed by atoms with Gasteiger partial charge in [-0.2, -0.15) is 0 Å². The molecular formula is C9H16ClNO3. The molecule has 14 heavy (non-hydrogen) atoms. The number of halogens is 1. The third-order valence-electron chi connectivity index (χ3n) is 2.09. The lowest BCUT2D eigenvalue weighted by molar-refractivity contribution is -0.195. The van der Waals surface area contributed by atoms with Gasteiger partial charge in [0, 0.05) is 7.11 Å². The average Bonchev–Trinajstić information content (AvgIpc) is 2.12. The highest BCUT2D eigenvalue weighted by atomic mass is 35.5. The first-order valence-electron chi connectivity index (χ1n) is 4.18. The summed E-state index contributed by atoms with van der Waals surface area (Å²) in [6.45, 7) is 0.522. The van der Waals surface area contributed by atoms with Gasteiger partial charge >= 0.3 is 0 Å². The first-order chi connectivity index (χ1) is 6.12. The van der Waals surface area contributed by atoms with Crippen molar-refractivity contribution in [2.45, 2.75) is 18.3 Å². The van der Waals surface area contributed by atoms with Crippen molar-refractivity contribution in [2.75, 3.05) is 13.7 Å². The van der Waals surface area contributed by atoms with Gasteiger partial charge in [0.2, 0.25) is 5.79 Å². The second-order valence-corrected chi connectivity index (χ2v) is 3.01. The van der Waals surface area contributed by atoms with E-state index in [1.54, 1.807) is 12.2 Å². The van der Waals surface area contributed by atoms with Crippen molar-refractivity contribution in [2.24, 2.45) is 5.73 Å². The second kappa shape index (κ2) is 5.48. The van der Waals surface area contributed by atoms with Crippen LogP contribution < -0.4 is 5.73 Å². The third kappa shape index (κ3) is 2.80. The SMILES string of the molecule is COC1(O)C=CC(CCN)=CC1O.Cl. The number of hydrogen-bond acceptors (Lipinski definition) is 4. The van der Waals surface area contributed by atoms with Crippen molar-refractivity contribution < 1.29 is 14.9 Å². The Bertz CT molecular complexity index is 242. The minimum absolute atomic E-state index is 0. The van der Waals surface area contributed by atoms with Gasteiger partial charge in [-0.15, -0.1) is 12.4 Å². The summed E-state index contributed by atoms with van der Waals surface area (Å²) in [5.41, 5.74) is 6.27. The molecule has 0 saturated heterocycles. The van der Waals surface area contributed by atoms with Crippen molar-refractivity contribution in [1.29, 1.82) is 0 Å². The van der Waals surface area contributed by atoms with Gasteiger partial charge in [0.05, 0.1) is 0 Å². The maximum Gasteiger partial charge on any atom is 0.215 e. The fraction of sp³-hybridized carbons (Fsp3) is 0.556. The summed E-state index contributed by atoms with van der Waals surface area (Å²) in [5, 5.41) is 19.1. The van der Waals surface area contributed by atoms with E-state index in [2.05, 4.69) is 0 Å². The number of allylic oxidation sites excluding steroid dienone is 1. The topological polar surface area (TPSA) is 75.7 Å². The molecule has 0 aromatic carbocycles. The van der Waals surface area contributed by atoms with Crippen LogP contribution in [0.25, 0.3) is 0 Å². The number of methoxy groups -OCH3 is 1. The molecule has 82 valence electrons. The van der Waals surface area contributed by atoms with Gasteiger partial charge < -0.3 is 20.7 Å². The summed E-state index contributed by atoms with van der Waals surface area (Å²) in [7, 11) is 1.34. The van der Waals surface area contributed by atoms with Crippen molar-refractivity contribution >= 4 is 12.4 Å². The van der Waals surface area contributed by atoms with E-state index in [1.165, 1.54) is 13.2 Å². The minimum atomic E-state index is -1.59. The molecule has 0 aromatic rings. The molecule has 0 aliphatic heterocycles. The molecule has 1 aliphatic rings. The minimum Gasteiger partial charge on any atom is -0.383 e. The first kappa shape index (κ1) is 13.6. The van der Waals surface area contributed by atoms with E-state index in [0.717, 1.165) is 5.57 Å². The Hall–Kier alpha value is -0.390. The third-order valence-corrected chi connectivity index (χ3v) is 2.09. The van der Waals surface area contributed by atoms with E-state index >= 15 is 0 Å². The average molecular weight is 222 g/mol. The lowest BCUT2D eigenvalue weighted by Crippen LogP contribution is -2.42. The van der Waals surface area contributed by atoms with Crippen LogP contribution in [0.5, 0.6) is 0 Å². The zero-order valence-electron chi connectivity index (χ0n) is 8.01. The molecule has 0 radical (unpaired) electrons. The molecular weight excluding hydrogens is 206 g/mol. The Morgan fingerprint density at radius 3 is 2.71 bits per heavy atom. The number of aliphatic hydroxyl groups is 2. The molecule has 0 aromatic heterocycles. The van der Waals surface area contributed by atoms with Crippen LogP contribution in [0.1, 0.15) is 6.42 Å². The van der Waals surface area contributed by atoms with Crippen LogP contribution in [0, 0.1) is 0 Å². The highest BCUT2D eigenvalue weighted by molar-refractivity contribution is 5.85. The molecule has 0 bridgehead atoms. The van der Waals surface area contributed by atoms with Crippen LogP contribution in [0.4, 0.5) is 0 Å². The quantitative estimate of drug-likeness (QED) is 0.584. The smallest absolute Gasteiger partial charge is 0.215 e. The van der Waals surface area contributed by atoms with Gasteiger partial charge in [0.15, 0.2) is 0 Å². The number of nitrogens with two attached hydrogens (primary N) is 1. The van der Waals surface area contributed by atoms with Crippen LogP contribution in [-0.4, -0.2) is 35.8 Å². The lowest BCUT2D eigenvalue weighted by atomic mass is 9.97. The number of aliphatic hydroxyl groups excluding tert-OH is 1. The summed E-state index contributed by atoms with van der Waals surface area (Å²) < 4.78 is 4.76. The maximum absolute atomic E-state index is 9.60. The fourth-order valence-electron chi connectivity index (χ4n) is 1.22. The Labute approximate surface area is 89.5 Å². The standard InChI is InChI=1S/C9H15NO3.ClH/c1-13-9(12)4-2-7(3-5-10)6-8(9)11;/h2,4,6,8,11-12H,3,5,10H2,1H3;1H. The Morgan fingerprint density at radius 2 is 2.29 bits per heavy atom. The lowest BCUT2D eigenvalue weighted by Gasteiger charge is -2.29. The molecule has 4 N–H and O–H groups in total. The highest BCUT2D eigenvalue weighted by Gasteiger charge is 2.33. The molecule has 0 heterocycles. The van der Waals surface area contributed by atoms with Crippen LogP contribution >= 0.6 is 12.4 Å². The predicted molar refractivity (Wildman–Crippen MR) is 56.1 cm³/mol. The van der Waals surface area contributed by atoms with E-state index in [0.29, 0.717) is 13.0 Å². The maximum atomic E-state index is 9.60. The Morgan fingerprint density at radius 1 is 1.64 bits per heavy atom. The second-order valence-electron chi connectivity index (χ2n) is 3.01. The van der Waals surface area contributed by atoms with Crippen LogP contribution in [-0.2, 0) is 4.74 Å². The van der Waals surface area contributed by atoms with E-state index in [4.69, 9.17) is 10.5 Å². The molecule has 0 amide bonds. The zero-order chi connectivity index (χ0) is 9.90. The first-order valence-corrected chi connectivity index (χ1v) is 4.18. The van der Waals surface area contributed by atoms with Crippen molar-refractivity contribution in [3.05, 3.63) is 23.8 Å². The molecule has 5 heteroatoms. The summed E-state index contributed by atoms with van der Waals surface area (Å²) in [6.07, 6.45) is 4.36. The molecule has 2 unspecified atom stereocenters. The van der Waals surface area contributed by atoms with Crippen LogP contribution in [0.15, 0.2) is 23.8 Å². The Kier molecular flexibility index (Phi) is 5.33. The van der Waals surface area contributed by atoms with Gasteiger partial charge in [0.25, 0.3) is 0 Å². The molecule has 0 fully saturated rings. The summed E-state index contributed by atoms with van der Waals surface area (Å²) >= 11 is 0. The Balaban J connectivity index is 0.00000169. The molecule has 2 atom stereocenters. The van der Waals surface area contributed by atoms with Gasteiger partial charge in [-0.3, -0.25) is 0 Å². The van der Waals surface area contributed by atoms with E-state index < -0.39 is 11.9 Å². The monoisotopic (exact) mass is 221 g/mol. The molecule has 4 nitrogen and oxygen atoms in total. The predicted octanol–water partition coefficient (Wildman–Crippen LogP) is -0.0509. The molecule has 0 spiro atoms. The van der Waals surface area contributed by atoms with Crippen LogP contribution in [0.3, 0.4) is 0 Å². The van der Waals surface area contributed by atoms with Gasteiger partial charge in [-0.05, 0) is 30.7 Å². The van der Waals surface area contributed by atoms with E-state index in [9.17, 15) is 10.2 Å². The van der Waals surface area contributed by atoms with Gasteiger partial charge in [-0.1, -0.05) is 6.08 Å². The summed E-state index contributed by atoms with van der Waals surface area (Å²) in [5.74, 6) is -1.59. The summed E-state index contributed by atoms with van der Waals surface area (Å²) in [4.78, 5) is 0. The van der Waals surface area contributed by atoms with Crippen LogP contribution in [0.2, 0.25) is 0 Å². The number of ether oxygens (including phenoxy) is 1. The summed E-state index contributed by atoms with van der Waals surface area (Å²) in [6, 6.07) is 0. The molecule has 0 saturated carbocycles. The fourth-order valence-corrected chi connectivity index (χ4v) is 1.22. The van der Waals surface area contributed by atoms with E-state index in [1.807, 2.05) is 0 Å². The van der Waals surface area contributed by atoms with Gasteiger partial charge in [-0.25, -0.2) is 0 Å². The molecule has 1 rings (SSSR count). The normalized spacial score (nSPS) is 30.9. The van der Waals surface area contributed by atoms with Crippen molar-refractivity contribution in [3.8, 4) is 0 Å². The number of hydrogen-bond donors (Lipinski definition) is 3. The zero-order valence-corrected chi connectivity index (χ0v) is 8.83. The largest absolute Gasteiger partial charge is 0.383 e. The van der Waals surface area contributed by atoms with Gasteiger partial charge in [0.1, 0.15) is 6.10 Å².